The van der Waals surface area contributed by atoms with Crippen molar-refractivity contribution in [3.63, 3.8) is 0 Å². The number of ether oxygens (including phenoxy) is 2. The molecule has 0 saturated carbocycles. The van der Waals surface area contributed by atoms with Crippen molar-refractivity contribution in [2.75, 3.05) is 6.61 Å². The van der Waals surface area contributed by atoms with Crippen molar-refractivity contribution in [2.24, 2.45) is 5.73 Å². The lowest BCUT2D eigenvalue weighted by Crippen LogP contribution is -2.27. The van der Waals surface area contributed by atoms with Crippen LogP contribution in [0.25, 0.3) is 0 Å². The molecule has 0 heterocycles. The molecule has 5 heteroatoms. The Morgan fingerprint density at radius 3 is 2.50 bits per heavy atom. The number of hydrogen-bond donors (Lipinski definition) is 1. The standard InChI is InChI=1S/C13H17NO4/c1-13(2,3)18-11(15)8-17-10-6-4-5-9(7-10)12(14)16/h4-7H,8H2,1-3H3,(H2,14,16). The van der Waals surface area contributed by atoms with E-state index in [1.165, 1.54) is 6.07 Å². The Hall–Kier alpha value is -2.04. The largest absolute Gasteiger partial charge is 0.482 e. The molecule has 0 aromatic heterocycles. The molecule has 1 aromatic rings. The van der Waals surface area contributed by atoms with Gasteiger partial charge in [-0.15, -0.1) is 0 Å². The second-order valence-corrected chi connectivity index (χ2v) is 4.77. The first-order valence-electron chi connectivity index (χ1n) is 5.52. The molecule has 18 heavy (non-hydrogen) atoms. The van der Waals surface area contributed by atoms with Crippen molar-refractivity contribution in [3.8, 4) is 5.75 Å². The molecule has 0 aliphatic rings. The minimum Gasteiger partial charge on any atom is -0.482 e. The van der Waals surface area contributed by atoms with Crippen LogP contribution >= 0.6 is 0 Å². The molecule has 1 aromatic carbocycles. The summed E-state index contributed by atoms with van der Waals surface area (Å²) in [5, 5.41) is 0. The van der Waals surface area contributed by atoms with Crippen LogP contribution in [0, 0.1) is 0 Å². The van der Waals surface area contributed by atoms with Gasteiger partial charge in [0.25, 0.3) is 0 Å². The number of benzene rings is 1. The lowest BCUT2D eigenvalue weighted by molar-refractivity contribution is -0.157. The van der Waals surface area contributed by atoms with Gasteiger partial charge in [-0.2, -0.15) is 0 Å². The number of primary amides is 1. The maximum Gasteiger partial charge on any atom is 0.344 e. The normalized spacial score (nSPS) is 10.8. The van der Waals surface area contributed by atoms with E-state index in [2.05, 4.69) is 0 Å². The first kappa shape index (κ1) is 14.0. The van der Waals surface area contributed by atoms with Crippen LogP contribution in [-0.4, -0.2) is 24.1 Å². The van der Waals surface area contributed by atoms with Gasteiger partial charge in [-0.05, 0) is 39.0 Å². The average Bonchev–Trinajstić information content (AvgIpc) is 2.24. The van der Waals surface area contributed by atoms with E-state index >= 15 is 0 Å². The summed E-state index contributed by atoms with van der Waals surface area (Å²) >= 11 is 0. The number of carbonyl (C=O) groups excluding carboxylic acids is 2. The maximum atomic E-state index is 11.4. The second-order valence-electron chi connectivity index (χ2n) is 4.77. The molecule has 0 bridgehead atoms. The first-order chi connectivity index (χ1) is 8.28. The third kappa shape index (κ3) is 4.86. The zero-order valence-corrected chi connectivity index (χ0v) is 10.7. The lowest BCUT2D eigenvalue weighted by atomic mass is 10.2. The Morgan fingerprint density at radius 2 is 1.94 bits per heavy atom. The summed E-state index contributed by atoms with van der Waals surface area (Å²) in [7, 11) is 0. The fourth-order valence-corrected chi connectivity index (χ4v) is 1.25. The van der Waals surface area contributed by atoms with Crippen LogP contribution in [0.5, 0.6) is 5.75 Å². The highest BCUT2D eigenvalue weighted by Gasteiger charge is 2.16. The van der Waals surface area contributed by atoms with Crippen LogP contribution in [0.3, 0.4) is 0 Å². The van der Waals surface area contributed by atoms with Gasteiger partial charge in [-0.1, -0.05) is 6.07 Å². The van der Waals surface area contributed by atoms with Gasteiger partial charge < -0.3 is 15.2 Å². The van der Waals surface area contributed by atoms with E-state index in [1.54, 1.807) is 39.0 Å². The second kappa shape index (κ2) is 5.53. The van der Waals surface area contributed by atoms with E-state index < -0.39 is 17.5 Å². The van der Waals surface area contributed by atoms with Gasteiger partial charge in [-0.3, -0.25) is 4.79 Å². The molecule has 2 N–H and O–H groups in total. The van der Waals surface area contributed by atoms with Gasteiger partial charge in [0.2, 0.25) is 5.91 Å². The highest BCUT2D eigenvalue weighted by Crippen LogP contribution is 2.13. The van der Waals surface area contributed by atoms with E-state index in [9.17, 15) is 9.59 Å². The summed E-state index contributed by atoms with van der Waals surface area (Å²) in [6.45, 7) is 5.12. The number of hydrogen-bond acceptors (Lipinski definition) is 4. The predicted octanol–water partition coefficient (Wildman–Crippen LogP) is 1.51. The average molecular weight is 251 g/mol. The molecule has 0 saturated heterocycles. The number of nitrogens with two attached hydrogens (primary N) is 1. The molecular weight excluding hydrogens is 234 g/mol. The summed E-state index contributed by atoms with van der Waals surface area (Å²) in [5.41, 5.74) is 4.92. The summed E-state index contributed by atoms with van der Waals surface area (Å²) in [4.78, 5) is 22.4. The van der Waals surface area contributed by atoms with Gasteiger partial charge >= 0.3 is 5.97 Å². The number of carbonyl (C=O) groups is 2. The molecule has 0 radical (unpaired) electrons. The van der Waals surface area contributed by atoms with Gasteiger partial charge in [0.1, 0.15) is 11.4 Å². The molecule has 5 nitrogen and oxygen atoms in total. The highest BCUT2D eigenvalue weighted by atomic mass is 16.6. The zero-order valence-electron chi connectivity index (χ0n) is 10.7. The number of esters is 1. The van der Waals surface area contributed by atoms with E-state index in [0.29, 0.717) is 11.3 Å². The molecule has 0 aliphatic carbocycles. The Labute approximate surface area is 106 Å². The van der Waals surface area contributed by atoms with Gasteiger partial charge in [0.05, 0.1) is 0 Å². The van der Waals surface area contributed by atoms with Crippen molar-refractivity contribution in [2.45, 2.75) is 26.4 Å². The van der Waals surface area contributed by atoms with E-state index in [1.807, 2.05) is 0 Å². The smallest absolute Gasteiger partial charge is 0.344 e. The summed E-state index contributed by atoms with van der Waals surface area (Å²) < 4.78 is 10.3. The lowest BCUT2D eigenvalue weighted by Gasteiger charge is -2.19. The van der Waals surface area contributed by atoms with Crippen LogP contribution in [0.1, 0.15) is 31.1 Å². The molecule has 0 fully saturated rings. The monoisotopic (exact) mass is 251 g/mol. The molecule has 0 atom stereocenters. The quantitative estimate of drug-likeness (QED) is 0.822. The molecule has 0 unspecified atom stereocenters. The van der Waals surface area contributed by atoms with Gasteiger partial charge in [-0.25, -0.2) is 4.79 Å². The molecule has 98 valence electrons. The van der Waals surface area contributed by atoms with Crippen LogP contribution in [0.2, 0.25) is 0 Å². The van der Waals surface area contributed by atoms with Gasteiger partial charge in [0, 0.05) is 5.56 Å². The third-order valence-electron chi connectivity index (χ3n) is 1.90. The fraction of sp³-hybridized carbons (Fsp3) is 0.385. The fourth-order valence-electron chi connectivity index (χ4n) is 1.25. The zero-order chi connectivity index (χ0) is 13.8. The Balaban J connectivity index is 2.56. The topological polar surface area (TPSA) is 78.6 Å². The van der Waals surface area contributed by atoms with Crippen LogP contribution < -0.4 is 10.5 Å². The summed E-state index contributed by atoms with van der Waals surface area (Å²) in [6, 6.07) is 6.32. The van der Waals surface area contributed by atoms with Crippen molar-refractivity contribution in [3.05, 3.63) is 29.8 Å². The summed E-state index contributed by atoms with van der Waals surface area (Å²) in [5.74, 6) is -0.609. The maximum absolute atomic E-state index is 11.4. The van der Waals surface area contributed by atoms with Crippen molar-refractivity contribution in [1.82, 2.24) is 0 Å². The van der Waals surface area contributed by atoms with E-state index in [0.717, 1.165) is 0 Å². The summed E-state index contributed by atoms with van der Waals surface area (Å²) in [6.07, 6.45) is 0. The highest BCUT2D eigenvalue weighted by molar-refractivity contribution is 5.93. The molecule has 0 spiro atoms. The Kier molecular flexibility index (Phi) is 4.31. The Morgan fingerprint density at radius 1 is 1.28 bits per heavy atom. The predicted molar refractivity (Wildman–Crippen MR) is 66.3 cm³/mol. The SMILES string of the molecule is CC(C)(C)OC(=O)COc1cccc(C(N)=O)c1. The number of rotatable bonds is 4. The van der Waals surface area contributed by atoms with E-state index in [4.69, 9.17) is 15.2 Å². The van der Waals surface area contributed by atoms with Crippen molar-refractivity contribution in [1.29, 1.82) is 0 Å². The minimum atomic E-state index is -0.546. The van der Waals surface area contributed by atoms with E-state index in [-0.39, 0.29) is 6.61 Å². The number of amides is 1. The van der Waals surface area contributed by atoms with Crippen LogP contribution in [-0.2, 0) is 9.53 Å². The van der Waals surface area contributed by atoms with Crippen LogP contribution in [0.4, 0.5) is 0 Å². The van der Waals surface area contributed by atoms with Gasteiger partial charge in [0.15, 0.2) is 6.61 Å². The Bertz CT molecular complexity index is 449. The first-order valence-corrected chi connectivity index (χ1v) is 5.52. The molecule has 0 aliphatic heterocycles. The van der Waals surface area contributed by atoms with Crippen molar-refractivity contribution >= 4 is 11.9 Å². The third-order valence-corrected chi connectivity index (χ3v) is 1.90. The molecular formula is C13H17NO4. The van der Waals surface area contributed by atoms with Crippen LogP contribution in [0.15, 0.2) is 24.3 Å². The minimum absolute atomic E-state index is 0.209. The molecule has 1 amide bonds. The van der Waals surface area contributed by atoms with Crippen molar-refractivity contribution < 1.29 is 19.1 Å². The molecule has 1 rings (SSSR count).